The maximum Gasteiger partial charge on any atom is 0.129 e. The van der Waals surface area contributed by atoms with Crippen LogP contribution in [-0.2, 0) is 0 Å². The van der Waals surface area contributed by atoms with Gasteiger partial charge in [-0.3, -0.25) is 0 Å². The molecule has 0 atom stereocenters. The monoisotopic (exact) mass is 792 g/mol. The number of nitrogens with two attached hydrogens (primary N) is 4. The van der Waals surface area contributed by atoms with Crippen molar-refractivity contribution in [3.05, 3.63) is 216 Å². The fraction of sp³-hybridized carbons (Fsp3) is 0.0769. The van der Waals surface area contributed by atoms with Crippen LogP contribution in [0.25, 0.3) is 0 Å². The first-order valence-corrected chi connectivity index (χ1v) is 19.7. The van der Waals surface area contributed by atoms with Crippen LogP contribution < -0.4 is 41.9 Å². The van der Waals surface area contributed by atoms with Crippen LogP contribution in [0.4, 0.5) is 22.7 Å². The van der Waals surface area contributed by atoms with E-state index in [2.05, 4.69) is 62.4 Å². The largest absolute Gasteiger partial charge is 0.457 e. The highest BCUT2D eigenvalue weighted by Gasteiger charge is 2.11. The highest BCUT2D eigenvalue weighted by atomic mass is 16.5. The summed E-state index contributed by atoms with van der Waals surface area (Å²) in [7, 11) is 0. The lowest BCUT2D eigenvalue weighted by Gasteiger charge is -2.14. The molecule has 0 aliphatic heterocycles. The van der Waals surface area contributed by atoms with Gasteiger partial charge in [-0.25, -0.2) is 0 Å². The molecule has 0 aliphatic rings. The van der Waals surface area contributed by atoms with Gasteiger partial charge >= 0.3 is 0 Å². The second kappa shape index (κ2) is 19.1. The van der Waals surface area contributed by atoms with Gasteiger partial charge in [0.25, 0.3) is 0 Å². The van der Waals surface area contributed by atoms with E-state index in [-0.39, 0.29) is 11.8 Å². The van der Waals surface area contributed by atoms with E-state index in [4.69, 9.17) is 41.9 Å². The van der Waals surface area contributed by atoms with E-state index in [0.29, 0.717) is 11.4 Å². The second-order valence-corrected chi connectivity index (χ2v) is 14.4. The molecule has 0 saturated heterocycles. The van der Waals surface area contributed by atoms with Crippen LogP contribution in [0.1, 0.15) is 47.9 Å². The van der Waals surface area contributed by atoms with Crippen molar-refractivity contribution < 1.29 is 18.9 Å². The van der Waals surface area contributed by atoms with Crippen molar-refractivity contribution in [3.63, 3.8) is 0 Å². The molecule has 8 aromatic carbocycles. The maximum atomic E-state index is 5.87. The van der Waals surface area contributed by atoms with Crippen molar-refractivity contribution in [2.24, 2.45) is 0 Å². The summed E-state index contributed by atoms with van der Waals surface area (Å²) in [6, 6.07) is 62.2. The topological polar surface area (TPSA) is 141 Å². The summed E-state index contributed by atoms with van der Waals surface area (Å²) >= 11 is 0. The first kappa shape index (κ1) is 40.4. The highest BCUT2D eigenvalue weighted by molar-refractivity contribution is 5.49. The van der Waals surface area contributed by atoms with Gasteiger partial charge in [0.1, 0.15) is 46.0 Å². The molecule has 300 valence electrons. The molecule has 0 radical (unpaired) electrons. The Morgan fingerprint density at radius 1 is 0.267 bits per heavy atom. The summed E-state index contributed by atoms with van der Waals surface area (Å²) in [6.07, 6.45) is 0. The first-order valence-electron chi connectivity index (χ1n) is 19.7. The third kappa shape index (κ3) is 11.2. The predicted octanol–water partition coefficient (Wildman–Crippen LogP) is 13.2. The van der Waals surface area contributed by atoms with Crippen LogP contribution in [0.2, 0.25) is 0 Å². The average molecular weight is 793 g/mol. The van der Waals surface area contributed by atoms with Crippen molar-refractivity contribution in [2.75, 3.05) is 22.9 Å². The molecule has 0 unspecified atom stereocenters. The van der Waals surface area contributed by atoms with Gasteiger partial charge in [-0.15, -0.1) is 0 Å². The average Bonchev–Trinajstić information content (AvgIpc) is 3.26. The smallest absolute Gasteiger partial charge is 0.129 e. The van der Waals surface area contributed by atoms with Crippen LogP contribution in [0, 0.1) is 0 Å². The Kier molecular flexibility index (Phi) is 12.8. The van der Waals surface area contributed by atoms with Gasteiger partial charge < -0.3 is 41.9 Å². The molecule has 8 rings (SSSR count). The van der Waals surface area contributed by atoms with Crippen molar-refractivity contribution in [1.29, 1.82) is 0 Å². The minimum absolute atomic E-state index is 0.243. The molecule has 8 nitrogen and oxygen atoms in total. The van der Waals surface area contributed by atoms with Gasteiger partial charge in [0.15, 0.2) is 0 Å². The van der Waals surface area contributed by atoms with E-state index in [1.54, 1.807) is 0 Å². The summed E-state index contributed by atoms with van der Waals surface area (Å²) in [6.45, 7) is 4.37. The van der Waals surface area contributed by atoms with Gasteiger partial charge in [0.05, 0.1) is 0 Å². The van der Waals surface area contributed by atoms with Crippen molar-refractivity contribution >= 4 is 22.7 Å². The van der Waals surface area contributed by atoms with E-state index >= 15 is 0 Å². The molecule has 0 aliphatic carbocycles. The Balaban J connectivity index is 0.000000181. The number of nitrogen functional groups attached to an aromatic ring is 4. The van der Waals surface area contributed by atoms with E-state index < -0.39 is 0 Å². The maximum absolute atomic E-state index is 5.87. The lowest BCUT2D eigenvalue weighted by molar-refractivity contribution is 0.482. The molecule has 8 aromatic rings. The van der Waals surface area contributed by atoms with Gasteiger partial charge in [-0.2, -0.15) is 0 Å². The SMILES string of the molecule is CC(c1ccc(Oc2ccc(N)cc2)cc1)c1ccc(Oc2ccc(N)cc2)cc1.CC(c1ccc(Oc2cccc(N)c2)cc1)c1ccc(Oc2cccc(N)c2)cc1. The summed E-state index contributed by atoms with van der Waals surface area (Å²) in [4.78, 5) is 0. The standard InChI is InChI=1S/2C26H24N2O2/c1-18(19-2-10-23(11-3-19)29-25-14-6-21(27)7-15-25)20-4-12-24(13-5-20)30-26-16-8-22(28)9-17-26;1-18(19-8-12-23(13-9-19)29-25-6-2-4-21(27)16-25)20-10-14-24(15-11-20)30-26-7-3-5-22(28)17-26/h2*2-18H,27-28H2,1H3. The van der Waals surface area contributed by atoms with E-state index in [0.717, 1.165) is 57.4 Å². The zero-order chi connectivity index (χ0) is 41.8. The molecular weight excluding hydrogens is 745 g/mol. The Morgan fingerprint density at radius 3 is 0.750 bits per heavy atom. The molecule has 8 heteroatoms. The van der Waals surface area contributed by atoms with Crippen molar-refractivity contribution in [2.45, 2.75) is 25.7 Å². The molecule has 8 N–H and O–H groups in total. The van der Waals surface area contributed by atoms with E-state index in [9.17, 15) is 0 Å². The molecule has 0 amide bonds. The van der Waals surface area contributed by atoms with Gasteiger partial charge in [0, 0.05) is 46.7 Å². The highest BCUT2D eigenvalue weighted by Crippen LogP contribution is 2.32. The number of benzene rings is 8. The van der Waals surface area contributed by atoms with E-state index in [1.165, 1.54) is 22.3 Å². The normalized spacial score (nSPS) is 10.7. The third-order valence-electron chi connectivity index (χ3n) is 9.94. The summed E-state index contributed by atoms with van der Waals surface area (Å²) < 4.78 is 23.5. The Bertz CT molecular complexity index is 2400. The number of anilines is 4. The van der Waals surface area contributed by atoms with Crippen molar-refractivity contribution in [1.82, 2.24) is 0 Å². The van der Waals surface area contributed by atoms with Crippen LogP contribution in [0.5, 0.6) is 46.0 Å². The Morgan fingerprint density at radius 2 is 0.500 bits per heavy atom. The fourth-order valence-corrected chi connectivity index (χ4v) is 6.46. The Labute approximate surface area is 351 Å². The summed E-state index contributed by atoms with van der Waals surface area (Å²) in [5.74, 6) is 6.63. The number of rotatable bonds is 12. The molecule has 0 spiro atoms. The van der Waals surface area contributed by atoms with Gasteiger partial charge in [0.2, 0.25) is 0 Å². The third-order valence-corrected chi connectivity index (χ3v) is 9.94. The summed E-state index contributed by atoms with van der Waals surface area (Å²) in [5.41, 5.74) is 30.7. The lowest BCUT2D eigenvalue weighted by Crippen LogP contribution is -1.96. The second-order valence-electron chi connectivity index (χ2n) is 14.4. The van der Waals surface area contributed by atoms with Crippen LogP contribution in [0.15, 0.2) is 194 Å². The molecule has 0 bridgehead atoms. The lowest BCUT2D eigenvalue weighted by atomic mass is 9.93. The quantitative estimate of drug-likeness (QED) is 0.0896. The van der Waals surface area contributed by atoms with Crippen LogP contribution in [0.3, 0.4) is 0 Å². The number of ether oxygens (including phenoxy) is 4. The van der Waals surface area contributed by atoms with Gasteiger partial charge in [-0.1, -0.05) is 74.5 Å². The van der Waals surface area contributed by atoms with Gasteiger partial charge in [-0.05, 0) is 144 Å². The zero-order valence-electron chi connectivity index (χ0n) is 33.6. The molecule has 60 heavy (non-hydrogen) atoms. The van der Waals surface area contributed by atoms with Crippen molar-refractivity contribution in [3.8, 4) is 46.0 Å². The minimum atomic E-state index is 0.243. The number of hydrogen-bond acceptors (Lipinski definition) is 8. The molecule has 0 heterocycles. The molecule has 0 saturated carbocycles. The fourth-order valence-electron chi connectivity index (χ4n) is 6.46. The minimum Gasteiger partial charge on any atom is -0.457 e. The van der Waals surface area contributed by atoms with Crippen LogP contribution in [-0.4, -0.2) is 0 Å². The van der Waals surface area contributed by atoms with Crippen LogP contribution >= 0.6 is 0 Å². The molecule has 0 fully saturated rings. The summed E-state index contributed by atoms with van der Waals surface area (Å²) in [5, 5.41) is 0. The molecular formula is C52H48N4O4. The zero-order valence-corrected chi connectivity index (χ0v) is 33.6. The Hall–Kier alpha value is -7.84. The predicted molar refractivity (Wildman–Crippen MR) is 245 cm³/mol. The molecule has 0 aromatic heterocycles. The van der Waals surface area contributed by atoms with E-state index in [1.807, 2.05) is 146 Å². The first-order chi connectivity index (χ1) is 29.1. The number of hydrogen-bond donors (Lipinski definition) is 4.